The minimum atomic E-state index is -1.11. The van der Waals surface area contributed by atoms with Crippen LogP contribution in [0.1, 0.15) is 65.2 Å². The van der Waals surface area contributed by atoms with Crippen LogP contribution in [0.15, 0.2) is 24.3 Å². The third-order valence-electron chi connectivity index (χ3n) is 4.84. The van der Waals surface area contributed by atoms with Gasteiger partial charge >= 0.3 is 11.9 Å². The Hall–Kier alpha value is -1.95. The number of hydrogen-bond acceptors (Lipinski definition) is 6. The minimum Gasteiger partial charge on any atom is -0.469 e. The van der Waals surface area contributed by atoms with Gasteiger partial charge in [0.15, 0.2) is 5.78 Å². The SMILES string of the molecule is CCC=CCC1C(=O)C=CC1(O)CCCCC(CCC(=O)OC)OC(C)=O. The zero-order chi connectivity index (χ0) is 20.3. The maximum absolute atomic E-state index is 12.0. The quantitative estimate of drug-likeness (QED) is 0.317. The first-order valence-corrected chi connectivity index (χ1v) is 9.67. The first kappa shape index (κ1) is 23.1. The molecular formula is C21H32O6. The Bertz CT molecular complexity index is 565. The summed E-state index contributed by atoms with van der Waals surface area (Å²) < 4.78 is 9.88. The van der Waals surface area contributed by atoms with Crippen LogP contribution < -0.4 is 0 Å². The standard InChI is InChI=1S/C21H32O6/c1-4-5-6-10-18-19(23)13-15-21(18,25)14-8-7-9-17(27-16(2)22)11-12-20(24)26-3/h5-6,13,15,17-18,25H,4,7-12,14H2,1-3H3. The third kappa shape index (κ3) is 8.08. The van der Waals surface area contributed by atoms with Gasteiger partial charge in [0.1, 0.15) is 6.10 Å². The first-order chi connectivity index (χ1) is 12.8. The summed E-state index contributed by atoms with van der Waals surface area (Å²) in [5.41, 5.74) is -1.11. The van der Waals surface area contributed by atoms with E-state index < -0.39 is 11.5 Å². The number of aliphatic hydroxyl groups is 1. The molecule has 0 aromatic carbocycles. The van der Waals surface area contributed by atoms with Crippen molar-refractivity contribution >= 4 is 17.7 Å². The predicted molar refractivity (Wildman–Crippen MR) is 102 cm³/mol. The van der Waals surface area contributed by atoms with E-state index in [1.807, 2.05) is 19.1 Å². The Morgan fingerprint density at radius 1 is 1.30 bits per heavy atom. The Kier molecular flexibility index (Phi) is 10.0. The molecule has 0 aromatic heterocycles. The number of ether oxygens (including phenoxy) is 2. The normalized spacial score (nSPS) is 23.0. The van der Waals surface area contributed by atoms with Crippen LogP contribution in [0.4, 0.5) is 0 Å². The van der Waals surface area contributed by atoms with Gasteiger partial charge in [-0.2, -0.15) is 0 Å². The molecule has 1 N–H and O–H groups in total. The van der Waals surface area contributed by atoms with Gasteiger partial charge in [-0.15, -0.1) is 0 Å². The lowest BCUT2D eigenvalue weighted by molar-refractivity contribution is -0.149. The van der Waals surface area contributed by atoms with E-state index in [0.29, 0.717) is 32.1 Å². The van der Waals surface area contributed by atoms with E-state index >= 15 is 0 Å². The van der Waals surface area contributed by atoms with Crippen molar-refractivity contribution in [1.82, 2.24) is 0 Å². The lowest BCUT2D eigenvalue weighted by atomic mass is 9.83. The number of carbonyl (C=O) groups is 3. The summed E-state index contributed by atoms with van der Waals surface area (Å²) in [5, 5.41) is 10.9. The molecule has 0 spiro atoms. The van der Waals surface area contributed by atoms with Crippen molar-refractivity contribution in [3.63, 3.8) is 0 Å². The molecule has 3 unspecified atom stereocenters. The summed E-state index contributed by atoms with van der Waals surface area (Å²) in [6.45, 7) is 3.37. The molecule has 0 saturated carbocycles. The van der Waals surface area contributed by atoms with Gasteiger partial charge in [-0.25, -0.2) is 0 Å². The number of unbranched alkanes of at least 4 members (excludes halogenated alkanes) is 1. The van der Waals surface area contributed by atoms with Crippen LogP contribution in [0.3, 0.4) is 0 Å². The Morgan fingerprint density at radius 2 is 2.04 bits per heavy atom. The third-order valence-corrected chi connectivity index (χ3v) is 4.84. The molecule has 152 valence electrons. The molecule has 0 radical (unpaired) electrons. The second-order valence-corrected chi connectivity index (χ2v) is 6.99. The van der Waals surface area contributed by atoms with Crippen LogP contribution in [0, 0.1) is 5.92 Å². The fraction of sp³-hybridized carbons (Fsp3) is 0.667. The van der Waals surface area contributed by atoms with Crippen LogP contribution in [0.25, 0.3) is 0 Å². The number of methoxy groups -OCH3 is 1. The molecule has 0 heterocycles. The van der Waals surface area contributed by atoms with E-state index in [-0.39, 0.29) is 30.2 Å². The van der Waals surface area contributed by atoms with Gasteiger partial charge in [0.2, 0.25) is 0 Å². The highest BCUT2D eigenvalue weighted by Crippen LogP contribution is 2.34. The van der Waals surface area contributed by atoms with Crippen LogP contribution in [-0.4, -0.2) is 41.6 Å². The number of ketones is 1. The zero-order valence-corrected chi connectivity index (χ0v) is 16.6. The first-order valence-electron chi connectivity index (χ1n) is 9.67. The maximum atomic E-state index is 12.0. The predicted octanol–water partition coefficient (Wildman–Crippen LogP) is 3.27. The number of hydrogen-bond donors (Lipinski definition) is 1. The number of esters is 2. The van der Waals surface area contributed by atoms with Crippen molar-refractivity contribution in [2.45, 2.75) is 76.9 Å². The van der Waals surface area contributed by atoms with Crippen LogP contribution in [-0.2, 0) is 23.9 Å². The molecule has 0 saturated heterocycles. The van der Waals surface area contributed by atoms with Crippen LogP contribution >= 0.6 is 0 Å². The van der Waals surface area contributed by atoms with Gasteiger partial charge in [0, 0.05) is 13.3 Å². The fourth-order valence-corrected chi connectivity index (χ4v) is 3.34. The topological polar surface area (TPSA) is 89.9 Å². The van der Waals surface area contributed by atoms with E-state index in [4.69, 9.17) is 4.74 Å². The molecule has 1 aliphatic carbocycles. The van der Waals surface area contributed by atoms with Gasteiger partial charge in [-0.1, -0.05) is 25.5 Å². The lowest BCUT2D eigenvalue weighted by Gasteiger charge is -2.28. The van der Waals surface area contributed by atoms with Crippen molar-refractivity contribution in [2.75, 3.05) is 7.11 Å². The lowest BCUT2D eigenvalue weighted by Crippen LogP contribution is -2.35. The van der Waals surface area contributed by atoms with E-state index in [1.54, 1.807) is 6.08 Å². The average molecular weight is 380 g/mol. The smallest absolute Gasteiger partial charge is 0.305 e. The molecule has 0 fully saturated rings. The summed E-state index contributed by atoms with van der Waals surface area (Å²) in [6.07, 6.45) is 11.2. The summed E-state index contributed by atoms with van der Waals surface area (Å²) in [4.78, 5) is 34.6. The second-order valence-electron chi connectivity index (χ2n) is 6.99. The molecular weight excluding hydrogens is 348 g/mol. The molecule has 27 heavy (non-hydrogen) atoms. The molecule has 1 rings (SSSR count). The minimum absolute atomic E-state index is 0.0332. The molecule has 1 aliphatic rings. The summed E-state index contributed by atoms with van der Waals surface area (Å²) in [7, 11) is 1.33. The molecule has 3 atom stereocenters. The molecule has 0 bridgehead atoms. The fourth-order valence-electron chi connectivity index (χ4n) is 3.34. The number of rotatable bonds is 12. The maximum Gasteiger partial charge on any atom is 0.305 e. The van der Waals surface area contributed by atoms with Crippen molar-refractivity contribution in [2.24, 2.45) is 5.92 Å². The van der Waals surface area contributed by atoms with Crippen LogP contribution in [0.5, 0.6) is 0 Å². The highest BCUT2D eigenvalue weighted by atomic mass is 16.5. The van der Waals surface area contributed by atoms with E-state index in [0.717, 1.165) is 12.8 Å². The summed E-state index contributed by atoms with van der Waals surface area (Å²) in [5.74, 6) is -1.17. The monoisotopic (exact) mass is 380 g/mol. The zero-order valence-electron chi connectivity index (χ0n) is 16.6. The molecule has 0 aliphatic heterocycles. The average Bonchev–Trinajstić information content (AvgIpc) is 2.91. The van der Waals surface area contributed by atoms with Crippen LogP contribution in [0.2, 0.25) is 0 Å². The van der Waals surface area contributed by atoms with Crippen molar-refractivity contribution in [1.29, 1.82) is 0 Å². The van der Waals surface area contributed by atoms with Gasteiger partial charge in [-0.05, 0) is 50.7 Å². The van der Waals surface area contributed by atoms with E-state index in [1.165, 1.54) is 20.1 Å². The van der Waals surface area contributed by atoms with Crippen molar-refractivity contribution in [3.8, 4) is 0 Å². The Morgan fingerprint density at radius 3 is 2.67 bits per heavy atom. The van der Waals surface area contributed by atoms with Crippen molar-refractivity contribution in [3.05, 3.63) is 24.3 Å². The number of allylic oxidation sites excluding steroid dienone is 3. The van der Waals surface area contributed by atoms with Gasteiger partial charge < -0.3 is 14.6 Å². The van der Waals surface area contributed by atoms with E-state index in [9.17, 15) is 19.5 Å². The Balaban J connectivity index is 2.49. The number of carbonyl (C=O) groups excluding carboxylic acids is 3. The Labute approximate surface area is 161 Å². The highest BCUT2D eigenvalue weighted by Gasteiger charge is 2.41. The largest absolute Gasteiger partial charge is 0.469 e. The van der Waals surface area contributed by atoms with Gasteiger partial charge in [0.25, 0.3) is 0 Å². The highest BCUT2D eigenvalue weighted by molar-refractivity contribution is 5.96. The van der Waals surface area contributed by atoms with Gasteiger partial charge in [0.05, 0.1) is 18.6 Å². The van der Waals surface area contributed by atoms with Gasteiger partial charge in [-0.3, -0.25) is 14.4 Å². The summed E-state index contributed by atoms with van der Waals surface area (Å²) >= 11 is 0. The van der Waals surface area contributed by atoms with Crippen molar-refractivity contribution < 1.29 is 29.0 Å². The van der Waals surface area contributed by atoms with E-state index in [2.05, 4.69) is 4.74 Å². The molecule has 6 heteroatoms. The summed E-state index contributed by atoms with van der Waals surface area (Å²) in [6, 6.07) is 0. The molecule has 0 amide bonds. The molecule has 0 aromatic rings. The second kappa shape index (κ2) is 11.7. The molecule has 6 nitrogen and oxygen atoms in total.